The molecule has 2 rings (SSSR count). The van der Waals surface area contributed by atoms with E-state index >= 15 is 0 Å². The summed E-state index contributed by atoms with van der Waals surface area (Å²) in [6, 6.07) is 4.23. The van der Waals surface area contributed by atoms with E-state index in [0.29, 0.717) is 11.7 Å². The van der Waals surface area contributed by atoms with Gasteiger partial charge in [-0.3, -0.25) is 0 Å². The SMILES string of the molecule is COc1cnc(NCC(C)(C)c2cccs2)nc1. The Morgan fingerprint density at radius 1 is 1.33 bits per heavy atom. The Hall–Kier alpha value is -1.62. The van der Waals surface area contributed by atoms with Gasteiger partial charge in [0.15, 0.2) is 5.75 Å². The van der Waals surface area contributed by atoms with Crippen molar-refractivity contribution in [3.05, 3.63) is 34.8 Å². The van der Waals surface area contributed by atoms with E-state index in [4.69, 9.17) is 4.74 Å². The van der Waals surface area contributed by atoms with Crippen molar-refractivity contribution in [2.24, 2.45) is 0 Å². The number of aromatic nitrogens is 2. The Kier molecular flexibility index (Phi) is 3.81. The van der Waals surface area contributed by atoms with Gasteiger partial charge in [0, 0.05) is 16.8 Å². The second-order valence-corrected chi connectivity index (χ2v) is 5.61. The molecular weight excluding hydrogens is 246 g/mol. The number of nitrogens with one attached hydrogen (secondary N) is 1. The standard InChI is InChI=1S/C13H17N3OS/c1-13(2,11-5-4-6-18-11)9-16-12-14-7-10(17-3)8-15-12/h4-8H,9H2,1-3H3,(H,14,15,16). The summed E-state index contributed by atoms with van der Waals surface area (Å²) in [5.74, 6) is 1.29. The van der Waals surface area contributed by atoms with Crippen LogP contribution >= 0.6 is 11.3 Å². The van der Waals surface area contributed by atoms with Gasteiger partial charge in [-0.1, -0.05) is 19.9 Å². The zero-order valence-corrected chi connectivity index (χ0v) is 11.6. The quantitative estimate of drug-likeness (QED) is 0.901. The van der Waals surface area contributed by atoms with Gasteiger partial charge in [0.05, 0.1) is 19.5 Å². The highest BCUT2D eigenvalue weighted by Crippen LogP contribution is 2.27. The normalized spacial score (nSPS) is 11.3. The third-order valence-corrected chi connectivity index (χ3v) is 3.98. The summed E-state index contributed by atoms with van der Waals surface area (Å²) >= 11 is 1.77. The van der Waals surface area contributed by atoms with Crippen molar-refractivity contribution in [1.82, 2.24) is 9.97 Å². The highest BCUT2D eigenvalue weighted by Gasteiger charge is 2.21. The lowest BCUT2D eigenvalue weighted by Gasteiger charge is -2.23. The fraction of sp³-hybridized carbons (Fsp3) is 0.385. The molecule has 5 heteroatoms. The van der Waals surface area contributed by atoms with Crippen LogP contribution in [0.2, 0.25) is 0 Å². The first-order chi connectivity index (χ1) is 8.62. The number of rotatable bonds is 5. The Labute approximate surface area is 111 Å². The van der Waals surface area contributed by atoms with Crippen LogP contribution in [-0.4, -0.2) is 23.6 Å². The molecule has 0 aliphatic rings. The van der Waals surface area contributed by atoms with Crippen LogP contribution < -0.4 is 10.1 Å². The van der Waals surface area contributed by atoms with Crippen molar-refractivity contribution < 1.29 is 4.74 Å². The number of hydrogen-bond acceptors (Lipinski definition) is 5. The largest absolute Gasteiger partial charge is 0.494 e. The molecule has 0 saturated heterocycles. The van der Waals surface area contributed by atoms with Crippen molar-refractivity contribution in [2.45, 2.75) is 19.3 Å². The lowest BCUT2D eigenvalue weighted by atomic mass is 9.91. The fourth-order valence-electron chi connectivity index (χ4n) is 1.56. The lowest BCUT2D eigenvalue weighted by Crippen LogP contribution is -2.27. The van der Waals surface area contributed by atoms with Crippen LogP contribution in [0.15, 0.2) is 29.9 Å². The van der Waals surface area contributed by atoms with E-state index < -0.39 is 0 Å². The summed E-state index contributed by atoms with van der Waals surface area (Å²) in [7, 11) is 1.60. The maximum absolute atomic E-state index is 5.02. The third kappa shape index (κ3) is 2.98. The molecule has 0 amide bonds. The van der Waals surface area contributed by atoms with Gasteiger partial charge in [-0.05, 0) is 11.4 Å². The van der Waals surface area contributed by atoms with Gasteiger partial charge in [-0.15, -0.1) is 11.3 Å². The van der Waals surface area contributed by atoms with E-state index in [1.165, 1.54) is 4.88 Å². The minimum Gasteiger partial charge on any atom is -0.494 e. The van der Waals surface area contributed by atoms with Crippen molar-refractivity contribution in [2.75, 3.05) is 19.0 Å². The fourth-order valence-corrected chi connectivity index (χ4v) is 2.42. The molecule has 0 aromatic carbocycles. The smallest absolute Gasteiger partial charge is 0.222 e. The molecule has 2 aromatic rings. The molecule has 4 nitrogen and oxygen atoms in total. The van der Waals surface area contributed by atoms with Crippen molar-refractivity contribution in [1.29, 1.82) is 0 Å². The summed E-state index contributed by atoms with van der Waals surface area (Å²) in [4.78, 5) is 9.73. The Morgan fingerprint density at radius 2 is 2.06 bits per heavy atom. The highest BCUT2D eigenvalue weighted by molar-refractivity contribution is 7.10. The third-order valence-electron chi connectivity index (χ3n) is 2.74. The molecule has 0 aliphatic carbocycles. The Bertz CT molecular complexity index is 479. The average Bonchev–Trinajstić information content (AvgIpc) is 2.92. The van der Waals surface area contributed by atoms with E-state index in [1.807, 2.05) is 0 Å². The van der Waals surface area contributed by atoms with E-state index in [0.717, 1.165) is 6.54 Å². The summed E-state index contributed by atoms with van der Waals surface area (Å²) in [6.45, 7) is 5.20. The van der Waals surface area contributed by atoms with E-state index in [2.05, 4.69) is 46.6 Å². The van der Waals surface area contributed by atoms with Crippen molar-refractivity contribution in [3.63, 3.8) is 0 Å². The van der Waals surface area contributed by atoms with Gasteiger partial charge in [0.2, 0.25) is 5.95 Å². The monoisotopic (exact) mass is 263 g/mol. The number of methoxy groups -OCH3 is 1. The van der Waals surface area contributed by atoms with Gasteiger partial charge >= 0.3 is 0 Å². The molecule has 0 spiro atoms. The van der Waals surface area contributed by atoms with Crippen LogP contribution in [0.25, 0.3) is 0 Å². The number of nitrogens with zero attached hydrogens (tertiary/aromatic N) is 2. The molecule has 1 N–H and O–H groups in total. The molecular formula is C13H17N3OS. The van der Waals surface area contributed by atoms with E-state index in [9.17, 15) is 0 Å². The van der Waals surface area contributed by atoms with Crippen LogP contribution in [0.1, 0.15) is 18.7 Å². The first kappa shape index (κ1) is 12.8. The second kappa shape index (κ2) is 5.35. The van der Waals surface area contributed by atoms with Gasteiger partial charge in [-0.2, -0.15) is 0 Å². The summed E-state index contributed by atoms with van der Waals surface area (Å²) in [5.41, 5.74) is 0.0669. The number of thiophene rings is 1. The number of ether oxygens (including phenoxy) is 1. The first-order valence-electron chi connectivity index (χ1n) is 5.76. The molecule has 18 heavy (non-hydrogen) atoms. The van der Waals surface area contributed by atoms with Gasteiger partial charge in [0.25, 0.3) is 0 Å². The van der Waals surface area contributed by atoms with Gasteiger partial charge in [-0.25, -0.2) is 9.97 Å². The van der Waals surface area contributed by atoms with Crippen molar-refractivity contribution >= 4 is 17.3 Å². The molecule has 0 radical (unpaired) electrons. The van der Waals surface area contributed by atoms with E-state index in [-0.39, 0.29) is 5.41 Å². The molecule has 0 unspecified atom stereocenters. The highest BCUT2D eigenvalue weighted by atomic mass is 32.1. The van der Waals surface area contributed by atoms with Gasteiger partial charge in [0.1, 0.15) is 0 Å². The zero-order chi connectivity index (χ0) is 13.0. The second-order valence-electron chi connectivity index (χ2n) is 4.66. The van der Waals surface area contributed by atoms with Crippen molar-refractivity contribution in [3.8, 4) is 5.75 Å². The molecule has 96 valence electrons. The zero-order valence-electron chi connectivity index (χ0n) is 10.8. The summed E-state index contributed by atoms with van der Waals surface area (Å²) < 4.78 is 5.02. The van der Waals surface area contributed by atoms with Crippen LogP contribution in [0.3, 0.4) is 0 Å². The molecule has 0 aliphatic heterocycles. The molecule has 2 heterocycles. The summed E-state index contributed by atoms with van der Waals surface area (Å²) in [5, 5.41) is 5.35. The molecule has 0 bridgehead atoms. The maximum Gasteiger partial charge on any atom is 0.222 e. The predicted molar refractivity (Wildman–Crippen MR) is 74.4 cm³/mol. The van der Waals surface area contributed by atoms with Crippen LogP contribution in [0.4, 0.5) is 5.95 Å². The average molecular weight is 263 g/mol. The Morgan fingerprint density at radius 3 is 2.61 bits per heavy atom. The van der Waals surface area contributed by atoms with Crippen LogP contribution in [-0.2, 0) is 5.41 Å². The maximum atomic E-state index is 5.02. The van der Waals surface area contributed by atoms with Crippen LogP contribution in [0.5, 0.6) is 5.75 Å². The number of hydrogen-bond donors (Lipinski definition) is 1. The van der Waals surface area contributed by atoms with Gasteiger partial charge < -0.3 is 10.1 Å². The van der Waals surface area contributed by atoms with Crippen LogP contribution in [0, 0.1) is 0 Å². The topological polar surface area (TPSA) is 47.0 Å². The predicted octanol–water partition coefficient (Wildman–Crippen LogP) is 2.94. The molecule has 0 fully saturated rings. The Balaban J connectivity index is 1.98. The minimum absolute atomic E-state index is 0.0669. The molecule has 0 saturated carbocycles. The first-order valence-corrected chi connectivity index (χ1v) is 6.64. The lowest BCUT2D eigenvalue weighted by molar-refractivity contribution is 0.411. The minimum atomic E-state index is 0.0669. The molecule has 0 atom stereocenters. The molecule has 2 aromatic heterocycles. The summed E-state index contributed by atoms with van der Waals surface area (Å²) in [6.07, 6.45) is 3.32. The number of anilines is 1. The van der Waals surface area contributed by atoms with E-state index in [1.54, 1.807) is 30.8 Å².